The van der Waals surface area contributed by atoms with Crippen LogP contribution < -0.4 is 4.90 Å². The first kappa shape index (κ1) is 43.8. The second-order valence-corrected chi connectivity index (χ2v) is 19.3. The summed E-state index contributed by atoms with van der Waals surface area (Å²) in [6.07, 6.45) is 0. The molecular formula is C72H49N3. The highest BCUT2D eigenvalue weighted by Crippen LogP contribution is 2.42. The molecular weight excluding hydrogens is 907 g/mol. The largest absolute Gasteiger partial charge is 0.311 e. The molecule has 14 rings (SSSR count). The smallest absolute Gasteiger partial charge is 0.0541 e. The van der Waals surface area contributed by atoms with Crippen LogP contribution in [0.3, 0.4) is 0 Å². The van der Waals surface area contributed by atoms with Crippen molar-refractivity contribution in [2.45, 2.75) is 0 Å². The van der Waals surface area contributed by atoms with E-state index in [9.17, 15) is 0 Å². The number of hydrogen-bond donors (Lipinski definition) is 0. The number of anilines is 3. The number of para-hydroxylation sites is 3. The normalized spacial score (nSPS) is 11.5. The summed E-state index contributed by atoms with van der Waals surface area (Å²) >= 11 is 0. The molecule has 0 saturated carbocycles. The van der Waals surface area contributed by atoms with E-state index in [1.807, 2.05) is 0 Å². The second kappa shape index (κ2) is 18.6. The molecule has 0 amide bonds. The summed E-state index contributed by atoms with van der Waals surface area (Å²) in [7, 11) is 0. The van der Waals surface area contributed by atoms with Gasteiger partial charge in [0.05, 0.1) is 22.1 Å². The van der Waals surface area contributed by atoms with Gasteiger partial charge in [0, 0.05) is 50.0 Å². The lowest BCUT2D eigenvalue weighted by atomic mass is 9.96. The summed E-state index contributed by atoms with van der Waals surface area (Å²) in [5, 5.41) is 4.92. The second-order valence-electron chi connectivity index (χ2n) is 19.3. The summed E-state index contributed by atoms with van der Waals surface area (Å²) < 4.78 is 4.80. The summed E-state index contributed by atoms with van der Waals surface area (Å²) in [5.41, 5.74) is 22.2. The van der Waals surface area contributed by atoms with Crippen molar-refractivity contribution in [2.75, 3.05) is 4.90 Å². The Morgan fingerprint density at radius 1 is 0.187 bits per heavy atom. The maximum atomic E-state index is 2.43. The molecule has 0 spiro atoms. The van der Waals surface area contributed by atoms with Crippen molar-refractivity contribution in [2.24, 2.45) is 0 Å². The fraction of sp³-hybridized carbons (Fsp3) is 0. The van der Waals surface area contributed by atoms with E-state index in [1.54, 1.807) is 0 Å². The lowest BCUT2D eigenvalue weighted by Gasteiger charge is -2.26. The van der Waals surface area contributed by atoms with Gasteiger partial charge in [-0.05, 0) is 171 Å². The van der Waals surface area contributed by atoms with Gasteiger partial charge >= 0.3 is 0 Å². The molecule has 0 unspecified atom stereocenters. The Hall–Kier alpha value is -9.96. The van der Waals surface area contributed by atoms with Crippen LogP contribution in [0.15, 0.2) is 297 Å². The van der Waals surface area contributed by atoms with Crippen molar-refractivity contribution < 1.29 is 0 Å². The van der Waals surface area contributed by atoms with Gasteiger partial charge in [-0.2, -0.15) is 0 Å². The first-order valence-electron chi connectivity index (χ1n) is 25.7. The molecule has 2 heterocycles. The summed E-state index contributed by atoms with van der Waals surface area (Å²) in [4.78, 5) is 2.35. The molecule has 75 heavy (non-hydrogen) atoms. The number of fused-ring (bicyclic) bond motifs is 6. The Balaban J connectivity index is 0.848. The van der Waals surface area contributed by atoms with Gasteiger partial charge in [0.15, 0.2) is 0 Å². The molecule has 14 aromatic rings. The topological polar surface area (TPSA) is 13.1 Å². The molecule has 0 aliphatic rings. The molecule has 352 valence electrons. The first-order chi connectivity index (χ1) is 37.2. The Labute approximate surface area is 436 Å². The third kappa shape index (κ3) is 7.95. The highest BCUT2D eigenvalue weighted by atomic mass is 15.1. The van der Waals surface area contributed by atoms with E-state index < -0.39 is 0 Å². The lowest BCUT2D eigenvalue weighted by molar-refractivity contribution is 1.17. The molecule has 2 aromatic heterocycles. The number of hydrogen-bond acceptors (Lipinski definition) is 1. The number of nitrogens with zero attached hydrogens (tertiary/aromatic N) is 3. The van der Waals surface area contributed by atoms with E-state index in [-0.39, 0.29) is 0 Å². The minimum atomic E-state index is 1.08. The van der Waals surface area contributed by atoms with Gasteiger partial charge in [0.1, 0.15) is 0 Å². The van der Waals surface area contributed by atoms with Crippen LogP contribution in [-0.4, -0.2) is 9.13 Å². The molecule has 0 saturated heterocycles. The molecule has 0 aliphatic heterocycles. The summed E-state index contributed by atoms with van der Waals surface area (Å²) in [5.74, 6) is 0. The molecule has 3 heteroatoms. The van der Waals surface area contributed by atoms with Gasteiger partial charge in [0.2, 0.25) is 0 Å². The molecule has 0 fully saturated rings. The number of aromatic nitrogens is 2. The number of rotatable bonds is 10. The van der Waals surface area contributed by atoms with Gasteiger partial charge in [-0.25, -0.2) is 0 Å². The van der Waals surface area contributed by atoms with Crippen molar-refractivity contribution in [1.29, 1.82) is 0 Å². The van der Waals surface area contributed by atoms with Crippen LogP contribution in [0.2, 0.25) is 0 Å². The SMILES string of the molecule is c1ccc(-c2cccc(-c3ccc4c(c3)c3cc(-c5cccc(-c6ccccc6)c5)ccc3n4-c3ccc(N(c4ccccc4)c4ccc(-c5ccc6c(c5)c5ccccc5n6-c5ccccc5)cc4)cc3)c2)cc1. The Bertz CT molecular complexity index is 4220. The quantitative estimate of drug-likeness (QED) is 0.133. The van der Waals surface area contributed by atoms with Crippen molar-refractivity contribution >= 4 is 60.7 Å². The van der Waals surface area contributed by atoms with Crippen LogP contribution in [-0.2, 0) is 0 Å². The third-order valence-electron chi connectivity index (χ3n) is 14.9. The Kier molecular flexibility index (Phi) is 10.8. The van der Waals surface area contributed by atoms with Crippen LogP contribution in [0.1, 0.15) is 0 Å². The van der Waals surface area contributed by atoms with E-state index in [2.05, 4.69) is 311 Å². The van der Waals surface area contributed by atoms with Gasteiger partial charge in [-0.15, -0.1) is 0 Å². The maximum absolute atomic E-state index is 2.43. The van der Waals surface area contributed by atoms with E-state index >= 15 is 0 Å². The van der Waals surface area contributed by atoms with Gasteiger partial charge in [-0.3, -0.25) is 0 Å². The lowest BCUT2D eigenvalue weighted by Crippen LogP contribution is -2.10. The van der Waals surface area contributed by atoms with E-state index in [1.165, 1.54) is 88.2 Å². The molecule has 0 aliphatic carbocycles. The predicted molar refractivity (Wildman–Crippen MR) is 317 cm³/mol. The highest BCUT2D eigenvalue weighted by molar-refractivity contribution is 6.12. The minimum Gasteiger partial charge on any atom is -0.311 e. The zero-order valence-corrected chi connectivity index (χ0v) is 41.1. The molecule has 0 bridgehead atoms. The predicted octanol–water partition coefficient (Wildman–Crippen LogP) is 19.7. The third-order valence-corrected chi connectivity index (χ3v) is 14.9. The van der Waals surface area contributed by atoms with Crippen LogP contribution in [0, 0.1) is 0 Å². The summed E-state index contributed by atoms with van der Waals surface area (Å²) in [6, 6.07) is 108. The molecule has 12 aromatic carbocycles. The van der Waals surface area contributed by atoms with Crippen LogP contribution in [0.25, 0.3) is 111 Å². The standard InChI is InChI=1S/C72H49N3/c1-5-17-50(18-6-1)53-21-15-23-55(45-53)58-34-43-71-67(48-58)68-49-59(56-24-16-22-54(46-56)51-19-7-2-8-20-51)35-44-72(68)75(71)64-40-38-63(39-41-64)73(60-25-9-3-10-26-60)62-36-31-52(32-37-62)57-33-42-70-66(47-57)65-29-13-14-30-69(65)74(70)61-27-11-4-12-28-61/h1-49H. The van der Waals surface area contributed by atoms with Gasteiger partial charge < -0.3 is 14.0 Å². The van der Waals surface area contributed by atoms with Crippen molar-refractivity contribution in [1.82, 2.24) is 9.13 Å². The van der Waals surface area contributed by atoms with E-state index in [0.29, 0.717) is 0 Å². The Morgan fingerprint density at radius 2 is 0.493 bits per heavy atom. The van der Waals surface area contributed by atoms with Crippen molar-refractivity contribution in [3.63, 3.8) is 0 Å². The van der Waals surface area contributed by atoms with Crippen molar-refractivity contribution in [3.05, 3.63) is 297 Å². The fourth-order valence-corrected chi connectivity index (χ4v) is 11.3. The zero-order valence-electron chi connectivity index (χ0n) is 41.1. The molecule has 0 radical (unpaired) electrons. The van der Waals surface area contributed by atoms with Crippen LogP contribution >= 0.6 is 0 Å². The average Bonchev–Trinajstić information content (AvgIpc) is 4.01. The summed E-state index contributed by atoms with van der Waals surface area (Å²) in [6.45, 7) is 0. The average molecular weight is 956 g/mol. The van der Waals surface area contributed by atoms with Gasteiger partial charge in [-0.1, -0.05) is 182 Å². The van der Waals surface area contributed by atoms with Crippen LogP contribution in [0.5, 0.6) is 0 Å². The van der Waals surface area contributed by atoms with Crippen molar-refractivity contribution in [3.8, 4) is 67.0 Å². The van der Waals surface area contributed by atoms with Crippen LogP contribution in [0.4, 0.5) is 17.1 Å². The highest BCUT2D eigenvalue weighted by Gasteiger charge is 2.19. The van der Waals surface area contributed by atoms with E-state index in [0.717, 1.165) is 39.5 Å². The Morgan fingerprint density at radius 3 is 1.00 bits per heavy atom. The minimum absolute atomic E-state index is 1.08. The first-order valence-corrected chi connectivity index (χ1v) is 25.7. The molecule has 0 N–H and O–H groups in total. The maximum Gasteiger partial charge on any atom is 0.0541 e. The molecule has 3 nitrogen and oxygen atoms in total. The molecule has 0 atom stereocenters. The van der Waals surface area contributed by atoms with E-state index in [4.69, 9.17) is 0 Å². The monoisotopic (exact) mass is 955 g/mol. The van der Waals surface area contributed by atoms with Gasteiger partial charge in [0.25, 0.3) is 0 Å². The fourth-order valence-electron chi connectivity index (χ4n) is 11.3. The number of benzene rings is 12. The zero-order chi connectivity index (χ0) is 49.7.